The zero-order valence-electron chi connectivity index (χ0n) is 17.5. The molecule has 0 amide bonds. The summed E-state index contributed by atoms with van der Waals surface area (Å²) in [6.45, 7) is 0.474. The van der Waals surface area contributed by atoms with Gasteiger partial charge in [0.25, 0.3) is 0 Å². The second kappa shape index (κ2) is 7.29. The fraction of sp³-hybridized carbons (Fsp3) is 0.269. The number of nitrogens with one attached hydrogen (secondary N) is 1. The molecule has 160 valence electrons. The highest BCUT2D eigenvalue weighted by Crippen LogP contribution is 2.53. The van der Waals surface area contributed by atoms with Crippen molar-refractivity contribution in [3.8, 4) is 10.6 Å². The molecule has 0 unspecified atom stereocenters. The molecule has 2 fully saturated rings. The Morgan fingerprint density at radius 2 is 1.81 bits per heavy atom. The Morgan fingerprint density at radius 3 is 2.50 bits per heavy atom. The molecule has 0 radical (unpaired) electrons. The Bertz CT molecular complexity index is 1330. The lowest BCUT2D eigenvalue weighted by Crippen LogP contribution is -2.31. The van der Waals surface area contributed by atoms with Crippen LogP contribution in [0.15, 0.2) is 60.7 Å². The van der Waals surface area contributed by atoms with Crippen molar-refractivity contribution in [2.24, 2.45) is 0 Å². The quantitative estimate of drug-likeness (QED) is 0.389. The molecular formula is C26H22FN3OS. The van der Waals surface area contributed by atoms with Crippen molar-refractivity contribution < 1.29 is 9.18 Å². The molecule has 0 aliphatic heterocycles. The van der Waals surface area contributed by atoms with Crippen LogP contribution in [-0.2, 0) is 16.8 Å². The molecule has 1 N–H and O–H groups in total. The first-order valence-corrected chi connectivity index (χ1v) is 11.8. The predicted octanol–water partition coefficient (Wildman–Crippen LogP) is 5.40. The molecule has 6 rings (SSSR count). The van der Waals surface area contributed by atoms with Crippen molar-refractivity contribution in [3.63, 3.8) is 0 Å². The van der Waals surface area contributed by atoms with Crippen LogP contribution in [0.5, 0.6) is 0 Å². The van der Waals surface area contributed by atoms with Crippen LogP contribution in [0.4, 0.5) is 4.39 Å². The Labute approximate surface area is 189 Å². The molecule has 2 saturated carbocycles. The molecule has 0 bridgehead atoms. The average Bonchev–Trinajstić information content (AvgIpc) is 3.75. The normalized spacial score (nSPS) is 17.9. The van der Waals surface area contributed by atoms with Gasteiger partial charge in [-0.05, 0) is 61.1 Å². The number of aromatic nitrogens is 2. The molecule has 4 nitrogen and oxygen atoms in total. The van der Waals surface area contributed by atoms with Gasteiger partial charge in [0.2, 0.25) is 0 Å². The highest BCUT2D eigenvalue weighted by Gasteiger charge is 2.47. The van der Waals surface area contributed by atoms with Gasteiger partial charge in [-0.2, -0.15) is 0 Å². The van der Waals surface area contributed by atoms with Crippen LogP contribution in [0.3, 0.4) is 0 Å². The lowest BCUT2D eigenvalue weighted by molar-refractivity contribution is -0.110. The molecule has 2 aromatic carbocycles. The van der Waals surface area contributed by atoms with E-state index in [1.54, 1.807) is 6.07 Å². The number of aldehydes is 1. The van der Waals surface area contributed by atoms with E-state index in [1.165, 1.54) is 23.0 Å². The maximum Gasteiger partial charge on any atom is 0.144 e. The fourth-order valence-electron chi connectivity index (χ4n) is 4.36. The van der Waals surface area contributed by atoms with Gasteiger partial charge in [-0.3, -0.25) is 0 Å². The molecule has 4 aromatic rings. The first-order valence-electron chi connectivity index (χ1n) is 10.9. The number of pyridine rings is 1. The summed E-state index contributed by atoms with van der Waals surface area (Å²) < 4.78 is 14.9. The van der Waals surface area contributed by atoms with Gasteiger partial charge in [0.15, 0.2) is 0 Å². The summed E-state index contributed by atoms with van der Waals surface area (Å²) in [5.41, 5.74) is 4.07. The van der Waals surface area contributed by atoms with Crippen molar-refractivity contribution in [1.82, 2.24) is 15.3 Å². The van der Waals surface area contributed by atoms with Crippen molar-refractivity contribution in [2.45, 2.75) is 43.2 Å². The molecule has 2 aliphatic carbocycles. The van der Waals surface area contributed by atoms with Gasteiger partial charge in [-0.15, -0.1) is 0 Å². The van der Waals surface area contributed by atoms with Crippen molar-refractivity contribution in [2.75, 3.05) is 0 Å². The minimum absolute atomic E-state index is 0.0000605. The van der Waals surface area contributed by atoms with Gasteiger partial charge in [-0.25, -0.2) is 14.4 Å². The van der Waals surface area contributed by atoms with E-state index < -0.39 is 5.54 Å². The monoisotopic (exact) mass is 443 g/mol. The molecule has 2 aromatic heterocycles. The lowest BCUT2D eigenvalue weighted by atomic mass is 9.92. The van der Waals surface area contributed by atoms with Crippen molar-refractivity contribution in [1.29, 1.82) is 0 Å². The average molecular weight is 444 g/mol. The number of nitrogens with zero attached hydrogens (tertiary/aromatic N) is 2. The van der Waals surface area contributed by atoms with Gasteiger partial charge >= 0.3 is 0 Å². The van der Waals surface area contributed by atoms with Crippen LogP contribution >= 0.6 is 11.3 Å². The van der Waals surface area contributed by atoms with Gasteiger partial charge in [0, 0.05) is 17.5 Å². The van der Waals surface area contributed by atoms with Gasteiger partial charge < -0.3 is 10.1 Å². The maximum absolute atomic E-state index is 14.9. The number of thiazole rings is 1. The minimum atomic E-state index is -0.399. The third kappa shape index (κ3) is 3.34. The van der Waals surface area contributed by atoms with Gasteiger partial charge in [0.05, 0.1) is 11.2 Å². The number of hydrogen-bond donors (Lipinski definition) is 1. The SMILES string of the molecule is O=CC1(NCc2ccc(-c3nc4ccc(C5(c6ccccc6)CC5)nc4s3)c(F)c2)CC1. The topological polar surface area (TPSA) is 54.9 Å². The number of hydrogen-bond acceptors (Lipinski definition) is 5. The first-order chi connectivity index (χ1) is 15.6. The van der Waals surface area contributed by atoms with E-state index in [9.17, 15) is 9.18 Å². The summed E-state index contributed by atoms with van der Waals surface area (Å²) in [6, 6.07) is 19.8. The highest BCUT2D eigenvalue weighted by atomic mass is 32.1. The second-order valence-corrected chi connectivity index (χ2v) is 9.91. The third-order valence-electron chi connectivity index (χ3n) is 6.74. The highest BCUT2D eigenvalue weighted by molar-refractivity contribution is 7.21. The molecule has 0 saturated heterocycles. The standard InChI is InChI=1S/C26H22FN3OS/c27-20-14-17(15-28-25(16-31)10-11-25)6-7-19(20)23-29-21-8-9-22(30-24(21)32-23)26(12-13-26)18-4-2-1-3-5-18/h1-9,14,16,28H,10-13,15H2. The fourth-order valence-corrected chi connectivity index (χ4v) is 5.33. The summed E-state index contributed by atoms with van der Waals surface area (Å²) in [6.07, 6.45) is 4.85. The van der Waals surface area contributed by atoms with E-state index in [1.807, 2.05) is 18.2 Å². The lowest BCUT2D eigenvalue weighted by Gasteiger charge is -2.14. The zero-order chi connectivity index (χ0) is 21.8. The summed E-state index contributed by atoms with van der Waals surface area (Å²) in [4.78, 5) is 21.6. The number of halogens is 1. The largest absolute Gasteiger partial charge is 0.301 e. The van der Waals surface area contributed by atoms with E-state index >= 15 is 0 Å². The molecule has 6 heteroatoms. The molecule has 2 heterocycles. The Hall–Kier alpha value is -2.96. The third-order valence-corrected chi connectivity index (χ3v) is 7.74. The maximum atomic E-state index is 14.9. The van der Waals surface area contributed by atoms with Crippen LogP contribution in [-0.4, -0.2) is 21.8 Å². The molecule has 2 aliphatic rings. The predicted molar refractivity (Wildman–Crippen MR) is 124 cm³/mol. The zero-order valence-corrected chi connectivity index (χ0v) is 18.3. The number of carbonyl (C=O) groups excluding carboxylic acids is 1. The van der Waals surface area contributed by atoms with E-state index in [4.69, 9.17) is 4.98 Å². The van der Waals surface area contributed by atoms with Crippen molar-refractivity contribution >= 4 is 28.0 Å². The van der Waals surface area contributed by atoms with Crippen LogP contribution < -0.4 is 5.32 Å². The first kappa shape index (κ1) is 19.7. The second-order valence-electron chi connectivity index (χ2n) is 8.93. The molecule has 32 heavy (non-hydrogen) atoms. The smallest absolute Gasteiger partial charge is 0.144 e. The summed E-state index contributed by atoms with van der Waals surface area (Å²) in [5.74, 6) is -0.303. The van der Waals surface area contributed by atoms with Crippen molar-refractivity contribution in [3.05, 3.63) is 83.3 Å². The molecule has 0 atom stereocenters. The van der Waals surface area contributed by atoms with Crippen LogP contribution in [0.25, 0.3) is 20.9 Å². The number of benzene rings is 2. The Balaban J connectivity index is 1.28. The Morgan fingerprint density at radius 1 is 1.00 bits per heavy atom. The Kier molecular flexibility index (Phi) is 4.49. The molecular weight excluding hydrogens is 421 g/mol. The van der Waals surface area contributed by atoms with Gasteiger partial charge in [0.1, 0.15) is 27.5 Å². The number of carbonyl (C=O) groups is 1. The van der Waals surface area contributed by atoms with E-state index in [-0.39, 0.29) is 11.2 Å². The number of fused-ring (bicyclic) bond motifs is 1. The summed E-state index contributed by atoms with van der Waals surface area (Å²) >= 11 is 1.43. The molecule has 0 spiro atoms. The van der Waals surface area contributed by atoms with Crippen LogP contribution in [0.1, 0.15) is 42.5 Å². The van der Waals surface area contributed by atoms with E-state index in [0.29, 0.717) is 17.1 Å². The van der Waals surface area contributed by atoms with Crippen LogP contribution in [0, 0.1) is 5.82 Å². The minimum Gasteiger partial charge on any atom is -0.301 e. The van der Waals surface area contributed by atoms with E-state index in [0.717, 1.165) is 53.6 Å². The summed E-state index contributed by atoms with van der Waals surface area (Å²) in [7, 11) is 0. The van der Waals surface area contributed by atoms with E-state index in [2.05, 4.69) is 40.6 Å². The van der Waals surface area contributed by atoms with Crippen LogP contribution in [0.2, 0.25) is 0 Å². The number of rotatable bonds is 7. The van der Waals surface area contributed by atoms with Gasteiger partial charge in [-0.1, -0.05) is 47.7 Å². The summed E-state index contributed by atoms with van der Waals surface area (Å²) in [5, 5.41) is 3.86.